The smallest absolute Gasteiger partial charge is 0.237 e. The van der Waals surface area contributed by atoms with Crippen molar-refractivity contribution >= 4 is 29.1 Å². The molecule has 2 aromatic rings. The number of hydrogen-bond acceptors (Lipinski definition) is 4. The van der Waals surface area contributed by atoms with Crippen molar-refractivity contribution in [2.45, 2.75) is 32.9 Å². The topological polar surface area (TPSA) is 74.8 Å². The summed E-state index contributed by atoms with van der Waals surface area (Å²) in [5.74, 6) is 0.392. The van der Waals surface area contributed by atoms with E-state index in [2.05, 4.69) is 15.3 Å². The number of aromatic nitrogens is 2. The van der Waals surface area contributed by atoms with Crippen LogP contribution in [-0.4, -0.2) is 32.7 Å². The number of nitrogens with zero attached hydrogens (tertiary/aromatic N) is 1. The number of rotatable bonds is 6. The molecule has 0 aliphatic carbocycles. The molecule has 5 nitrogen and oxygen atoms in total. The molecular formula is C18H23N3O2S. The normalized spacial score (nSPS) is 12.7. The first-order valence-electron chi connectivity index (χ1n) is 7.82. The highest BCUT2D eigenvalue weighted by Crippen LogP contribution is 2.22. The predicted octanol–water partition coefficient (Wildman–Crippen LogP) is 3.75. The Morgan fingerprint density at radius 2 is 1.92 bits per heavy atom. The van der Waals surface area contributed by atoms with Crippen molar-refractivity contribution in [1.29, 1.82) is 0 Å². The van der Waals surface area contributed by atoms with E-state index < -0.39 is 0 Å². The molecule has 0 aliphatic heterocycles. The van der Waals surface area contributed by atoms with E-state index in [4.69, 9.17) is 0 Å². The van der Waals surface area contributed by atoms with Crippen LogP contribution in [0.4, 0.5) is 5.69 Å². The van der Waals surface area contributed by atoms with Crippen molar-refractivity contribution < 1.29 is 9.59 Å². The molecule has 6 heteroatoms. The Balaban J connectivity index is 1.88. The summed E-state index contributed by atoms with van der Waals surface area (Å²) in [6.45, 7) is 7.49. The zero-order valence-corrected chi connectivity index (χ0v) is 15.2. The Bertz CT molecular complexity index is 688. The summed E-state index contributed by atoms with van der Waals surface area (Å²) in [5.41, 5.74) is 2.30. The summed E-state index contributed by atoms with van der Waals surface area (Å²) in [5, 5.41) is 2.59. The third kappa shape index (κ3) is 4.96. The van der Waals surface area contributed by atoms with Gasteiger partial charge in [-0.1, -0.05) is 32.9 Å². The van der Waals surface area contributed by atoms with Crippen molar-refractivity contribution in [2.24, 2.45) is 5.41 Å². The Labute approximate surface area is 146 Å². The molecule has 0 saturated carbocycles. The van der Waals surface area contributed by atoms with E-state index in [-0.39, 0.29) is 22.4 Å². The van der Waals surface area contributed by atoms with Crippen LogP contribution in [-0.2, 0) is 9.59 Å². The molecule has 128 valence electrons. The van der Waals surface area contributed by atoms with Gasteiger partial charge in [0, 0.05) is 11.1 Å². The van der Waals surface area contributed by atoms with E-state index in [0.717, 1.165) is 16.9 Å². The van der Waals surface area contributed by atoms with Crippen molar-refractivity contribution in [3.8, 4) is 11.3 Å². The standard InChI is InChI=1S/C18H23N3O2S/c1-12(24-10-16(22)18(2,3)4)17(23)21-14-7-5-13(6-8-14)15-9-19-11-20-15/h5-9,11-12H,10H2,1-4H3,(H,19,20)(H,21,23)/t12-/m0/s1. The second-order valence-electron chi connectivity index (χ2n) is 6.66. The van der Waals surface area contributed by atoms with Crippen LogP contribution in [0.5, 0.6) is 0 Å². The highest BCUT2D eigenvalue weighted by atomic mass is 32.2. The van der Waals surface area contributed by atoms with Crippen LogP contribution in [0.15, 0.2) is 36.8 Å². The first kappa shape index (κ1) is 18.3. The molecule has 0 fully saturated rings. The minimum atomic E-state index is -0.369. The van der Waals surface area contributed by atoms with Gasteiger partial charge in [0.05, 0.1) is 29.2 Å². The minimum Gasteiger partial charge on any atom is -0.345 e. The molecule has 1 aromatic carbocycles. The zero-order chi connectivity index (χ0) is 17.7. The number of benzene rings is 1. The van der Waals surface area contributed by atoms with Crippen molar-refractivity contribution in [1.82, 2.24) is 9.97 Å². The fraction of sp³-hybridized carbons (Fsp3) is 0.389. The lowest BCUT2D eigenvalue weighted by molar-refractivity contribution is -0.123. The largest absolute Gasteiger partial charge is 0.345 e. The van der Waals surface area contributed by atoms with E-state index in [1.54, 1.807) is 12.5 Å². The van der Waals surface area contributed by atoms with Gasteiger partial charge in [-0.05, 0) is 24.6 Å². The molecule has 0 saturated heterocycles. The van der Waals surface area contributed by atoms with Gasteiger partial charge >= 0.3 is 0 Å². The van der Waals surface area contributed by atoms with E-state index in [1.165, 1.54) is 11.8 Å². The Kier molecular flexibility index (Phi) is 5.83. The van der Waals surface area contributed by atoms with Crippen LogP contribution in [0.2, 0.25) is 0 Å². The Hall–Kier alpha value is -2.08. The molecule has 0 unspecified atom stereocenters. The summed E-state index contributed by atoms with van der Waals surface area (Å²) in [6.07, 6.45) is 3.38. The molecule has 1 amide bonds. The van der Waals surface area contributed by atoms with Gasteiger partial charge in [-0.15, -0.1) is 11.8 Å². The van der Waals surface area contributed by atoms with Gasteiger partial charge in [-0.3, -0.25) is 9.59 Å². The molecule has 24 heavy (non-hydrogen) atoms. The van der Waals surface area contributed by atoms with Gasteiger partial charge in [0.2, 0.25) is 5.91 Å². The summed E-state index contributed by atoms with van der Waals surface area (Å²) < 4.78 is 0. The van der Waals surface area contributed by atoms with Crippen molar-refractivity contribution in [3.63, 3.8) is 0 Å². The highest BCUT2D eigenvalue weighted by Gasteiger charge is 2.23. The molecule has 1 aromatic heterocycles. The van der Waals surface area contributed by atoms with Gasteiger partial charge in [0.1, 0.15) is 5.78 Å². The molecule has 2 rings (SSSR count). The van der Waals surface area contributed by atoms with E-state index in [1.807, 2.05) is 52.0 Å². The Morgan fingerprint density at radius 1 is 1.25 bits per heavy atom. The maximum Gasteiger partial charge on any atom is 0.237 e. The van der Waals surface area contributed by atoms with E-state index >= 15 is 0 Å². The number of H-pyrrole nitrogens is 1. The highest BCUT2D eigenvalue weighted by molar-refractivity contribution is 8.01. The van der Waals surface area contributed by atoms with Gasteiger partial charge in [-0.2, -0.15) is 0 Å². The van der Waals surface area contributed by atoms with Crippen molar-refractivity contribution in [2.75, 3.05) is 11.1 Å². The van der Waals surface area contributed by atoms with Crippen LogP contribution in [0.25, 0.3) is 11.3 Å². The lowest BCUT2D eigenvalue weighted by Crippen LogP contribution is -2.27. The molecule has 0 bridgehead atoms. The van der Waals surface area contributed by atoms with Gasteiger partial charge < -0.3 is 10.3 Å². The average molecular weight is 345 g/mol. The van der Waals surface area contributed by atoms with Gasteiger partial charge in [0.25, 0.3) is 0 Å². The number of aromatic amines is 1. The number of carbonyl (C=O) groups is 2. The van der Waals surface area contributed by atoms with Crippen LogP contribution in [0.1, 0.15) is 27.7 Å². The first-order chi connectivity index (χ1) is 11.3. The SMILES string of the molecule is C[C@H](SCC(=O)C(C)(C)C)C(=O)Nc1ccc(-c2cnc[nH]2)cc1. The predicted molar refractivity (Wildman–Crippen MR) is 99.0 cm³/mol. The first-order valence-corrected chi connectivity index (χ1v) is 8.87. The maximum atomic E-state index is 12.2. The number of Topliss-reactive ketones (excluding diaryl/α,β-unsaturated/α-hetero) is 1. The number of carbonyl (C=O) groups excluding carboxylic acids is 2. The number of amides is 1. The molecule has 1 heterocycles. The molecule has 0 radical (unpaired) electrons. The Morgan fingerprint density at radius 3 is 2.46 bits per heavy atom. The third-order valence-corrected chi connectivity index (χ3v) is 4.77. The molecule has 0 spiro atoms. The minimum absolute atomic E-state index is 0.101. The number of thioether (sulfide) groups is 1. The number of nitrogens with one attached hydrogen (secondary N) is 2. The average Bonchev–Trinajstić information content (AvgIpc) is 3.06. The quantitative estimate of drug-likeness (QED) is 0.836. The fourth-order valence-electron chi connectivity index (χ4n) is 1.88. The van der Waals surface area contributed by atoms with Crippen LogP contribution in [0.3, 0.4) is 0 Å². The number of imidazole rings is 1. The molecule has 1 atom stereocenters. The summed E-state index contributed by atoms with van der Waals surface area (Å²) >= 11 is 1.37. The third-order valence-electron chi connectivity index (χ3n) is 3.63. The summed E-state index contributed by atoms with van der Waals surface area (Å²) in [6, 6.07) is 7.55. The molecule has 2 N–H and O–H groups in total. The second kappa shape index (κ2) is 7.66. The summed E-state index contributed by atoms with van der Waals surface area (Å²) in [4.78, 5) is 31.2. The fourth-order valence-corrected chi connectivity index (χ4v) is 2.93. The van der Waals surface area contributed by atoms with Gasteiger partial charge in [-0.25, -0.2) is 4.98 Å². The zero-order valence-electron chi connectivity index (χ0n) is 14.4. The van der Waals surface area contributed by atoms with Crippen molar-refractivity contribution in [3.05, 3.63) is 36.8 Å². The number of ketones is 1. The lowest BCUT2D eigenvalue weighted by atomic mass is 9.92. The van der Waals surface area contributed by atoms with Crippen LogP contribution < -0.4 is 5.32 Å². The monoisotopic (exact) mass is 345 g/mol. The van der Waals surface area contributed by atoms with Gasteiger partial charge in [0.15, 0.2) is 0 Å². The second-order valence-corrected chi connectivity index (χ2v) is 7.99. The molecule has 0 aliphatic rings. The van der Waals surface area contributed by atoms with Crippen LogP contribution >= 0.6 is 11.8 Å². The van der Waals surface area contributed by atoms with Crippen LogP contribution in [0, 0.1) is 5.41 Å². The summed E-state index contributed by atoms with van der Waals surface area (Å²) in [7, 11) is 0. The molecular weight excluding hydrogens is 322 g/mol. The maximum absolute atomic E-state index is 12.2. The van der Waals surface area contributed by atoms with E-state index in [9.17, 15) is 9.59 Å². The number of hydrogen-bond donors (Lipinski definition) is 2. The lowest BCUT2D eigenvalue weighted by Gasteiger charge is -2.18. The van der Waals surface area contributed by atoms with E-state index in [0.29, 0.717) is 5.75 Å². The number of anilines is 1.